The number of anilines is 1. The van der Waals surface area contributed by atoms with Crippen molar-refractivity contribution in [2.45, 2.75) is 63.0 Å². The average Bonchev–Trinajstić information content (AvgIpc) is 4.09. The van der Waals surface area contributed by atoms with E-state index in [0.717, 1.165) is 32.4 Å². The van der Waals surface area contributed by atoms with Crippen LogP contribution in [0.4, 0.5) is 10.1 Å². The van der Waals surface area contributed by atoms with Crippen LogP contribution in [0.3, 0.4) is 0 Å². The highest BCUT2D eigenvalue weighted by Gasteiger charge is 2.59. The van der Waals surface area contributed by atoms with Crippen LogP contribution in [-0.4, -0.2) is 91.5 Å². The Kier molecular flexibility index (Phi) is 10.4. The van der Waals surface area contributed by atoms with Crippen molar-refractivity contribution in [1.82, 2.24) is 39.5 Å². The number of benzene rings is 5. The molecule has 5 aliphatic rings. The summed E-state index contributed by atoms with van der Waals surface area (Å²) in [5.41, 5.74) is 4.35. The number of fused-ring (bicyclic) bond motifs is 4. The molecule has 5 aromatic carbocycles. The van der Waals surface area contributed by atoms with Crippen LogP contribution in [0.2, 0.25) is 5.02 Å². The molecule has 2 saturated heterocycles. The lowest BCUT2D eigenvalue weighted by molar-refractivity contribution is -0.164. The van der Waals surface area contributed by atoms with Crippen molar-refractivity contribution in [1.29, 1.82) is 0 Å². The number of thiazole rings is 1. The van der Waals surface area contributed by atoms with E-state index in [4.69, 9.17) is 31.5 Å². The number of hydrogen-bond donors (Lipinski definition) is 2. The molecule has 1 unspecified atom stereocenters. The number of likely N-dealkylation sites (tertiary alicyclic amines) is 1. The number of halogens is 2. The van der Waals surface area contributed by atoms with Gasteiger partial charge in [-0.1, -0.05) is 64.9 Å². The van der Waals surface area contributed by atoms with Crippen LogP contribution in [-0.2, 0) is 25.7 Å². The number of piperidine rings is 2. The monoisotopic (exact) mass is 962 g/mol. The van der Waals surface area contributed by atoms with E-state index in [1.54, 1.807) is 32.7 Å². The fourth-order valence-corrected chi connectivity index (χ4v) is 12.5. The predicted molar refractivity (Wildman–Crippen MR) is 263 cm³/mol. The zero-order chi connectivity index (χ0) is 47.2. The predicted octanol–water partition coefficient (Wildman–Crippen LogP) is 8.68. The van der Waals surface area contributed by atoms with Gasteiger partial charge in [-0.05, 0) is 66.6 Å². The molecular weight excluding hydrogens is 917 g/mol. The van der Waals surface area contributed by atoms with Gasteiger partial charge in [-0.2, -0.15) is 5.10 Å². The molecule has 14 nitrogen and oxygen atoms in total. The van der Waals surface area contributed by atoms with Gasteiger partial charge >= 0.3 is 5.91 Å². The second-order valence-corrected chi connectivity index (χ2v) is 19.9. The number of amides is 4. The molecule has 3 aromatic heterocycles. The second kappa shape index (κ2) is 16.6. The molecule has 2 N–H and O–H groups in total. The highest BCUT2D eigenvalue weighted by atomic mass is 35.5. The first-order valence-corrected chi connectivity index (χ1v) is 24.6. The first-order valence-electron chi connectivity index (χ1n) is 23.4. The topological polar surface area (TPSA) is 153 Å². The summed E-state index contributed by atoms with van der Waals surface area (Å²) in [7, 11) is 0. The van der Waals surface area contributed by atoms with E-state index in [9.17, 15) is 14.4 Å². The Morgan fingerprint density at radius 2 is 1.71 bits per heavy atom. The van der Waals surface area contributed by atoms with Crippen molar-refractivity contribution >= 4 is 84.3 Å². The van der Waals surface area contributed by atoms with Crippen molar-refractivity contribution < 1.29 is 28.3 Å². The van der Waals surface area contributed by atoms with Gasteiger partial charge in [0.1, 0.15) is 41.7 Å². The lowest BCUT2D eigenvalue weighted by atomic mass is 9.84. The maximum absolute atomic E-state index is 16.6. The number of quaternary nitrogens is 1. The van der Waals surface area contributed by atoms with Crippen molar-refractivity contribution in [2.75, 3.05) is 38.0 Å². The van der Waals surface area contributed by atoms with E-state index >= 15 is 9.18 Å². The molecule has 4 amide bonds. The maximum atomic E-state index is 16.6. The van der Waals surface area contributed by atoms with Crippen molar-refractivity contribution in [2.24, 2.45) is 0 Å². The van der Waals surface area contributed by atoms with E-state index in [0.29, 0.717) is 81.5 Å². The van der Waals surface area contributed by atoms with Crippen LogP contribution in [0.15, 0.2) is 103 Å². The Hall–Kier alpha value is -7.01. The van der Waals surface area contributed by atoms with Gasteiger partial charge in [-0.3, -0.25) is 19.1 Å². The lowest BCUT2D eigenvalue weighted by Gasteiger charge is -2.47. The third-order valence-corrected chi connectivity index (χ3v) is 16.1. The van der Waals surface area contributed by atoms with E-state index < -0.39 is 17.3 Å². The zero-order valence-electron chi connectivity index (χ0n) is 37.6. The minimum Gasteiger partial charge on any atom is -0.472 e. The molecule has 5 aliphatic heterocycles. The summed E-state index contributed by atoms with van der Waals surface area (Å²) in [6, 6.07) is 29.5. The molecule has 0 spiro atoms. The quantitative estimate of drug-likeness (QED) is 0.144. The van der Waals surface area contributed by atoms with E-state index in [2.05, 4.69) is 10.6 Å². The number of carbonyl (C=O) groups is 4. The van der Waals surface area contributed by atoms with E-state index in [1.807, 2.05) is 85.8 Å². The summed E-state index contributed by atoms with van der Waals surface area (Å²) >= 11 is 8.09. The maximum Gasteiger partial charge on any atom is 0.383 e. The summed E-state index contributed by atoms with van der Waals surface area (Å²) in [5, 5.41) is 18.4. The number of likely N-dealkylation sites (N-methyl/N-ethyl adjacent to an activating group) is 1. The SMILES string of the molecule is CCNC(=O)Cn1nc2c3c(cccc31)-c1cc3c(cnn3[N+]3(C(=O)C4(Oc5ccccc5-c5nc6cccc(Cl)c6s5)CCN(C(=O)C5CC(=O)Nc6ccccc65)CC4)CCC2CC3)cc1F. The highest BCUT2D eigenvalue weighted by molar-refractivity contribution is 7.22. The van der Waals surface area contributed by atoms with Crippen LogP contribution in [0.25, 0.3) is 53.7 Å². The van der Waals surface area contributed by atoms with Gasteiger partial charge in [0.15, 0.2) is 0 Å². The zero-order valence-corrected chi connectivity index (χ0v) is 39.2. The molecule has 4 bridgehead atoms. The summed E-state index contributed by atoms with van der Waals surface area (Å²) in [4.78, 5) is 65.6. The largest absolute Gasteiger partial charge is 0.472 e. The van der Waals surface area contributed by atoms with Gasteiger partial charge in [0, 0.05) is 79.7 Å². The fraction of sp³-hybridized carbons (Fsp3) is 0.288. The third kappa shape index (κ3) is 7.01. The fourth-order valence-electron chi connectivity index (χ4n) is 11.2. The minimum atomic E-state index is -1.51. The number of aromatic nitrogens is 5. The van der Waals surface area contributed by atoms with Gasteiger partial charge in [0.2, 0.25) is 23.3 Å². The Morgan fingerprint density at radius 3 is 2.52 bits per heavy atom. The normalized spacial score (nSPS) is 20.4. The highest BCUT2D eigenvalue weighted by Crippen LogP contribution is 2.46. The number of para-hydroxylation sites is 2. The summed E-state index contributed by atoms with van der Waals surface area (Å²) in [5.74, 6) is -1.64. The molecule has 0 radical (unpaired) electrons. The summed E-state index contributed by atoms with van der Waals surface area (Å²) < 4.78 is 26.2. The molecule has 8 aromatic rings. The average molecular weight is 964 g/mol. The van der Waals surface area contributed by atoms with Crippen LogP contribution < -0.4 is 20.0 Å². The third-order valence-electron chi connectivity index (χ3n) is 14.6. The van der Waals surface area contributed by atoms with Gasteiger partial charge in [-0.15, -0.1) is 21.0 Å². The molecule has 17 heteroatoms. The molecule has 69 heavy (non-hydrogen) atoms. The van der Waals surface area contributed by atoms with Crippen molar-refractivity contribution in [3.63, 3.8) is 0 Å². The Balaban J connectivity index is 0.979. The summed E-state index contributed by atoms with van der Waals surface area (Å²) in [6.45, 7) is 3.31. The standard InChI is InChI=1S/C52H45ClFN9O5S/c1-2-55-45(65)29-61-41-15-7-11-33-35-26-42-31(25-38(35)54)28-56-62(42)63(23-17-30(18-24-63)47(59-61)46(33)41)51(67)52(68-43-16-6-4-10-34(43)49-58-40-14-8-12-37(53)48(40)69-49)19-21-60(22-20-52)50(66)36-27-44(64)57-39-13-5-3-9-32(36)39/h3-16,25-26,28,30,36H,2,17-24,27,29H2,1H3,(H-,55,57,64,65)/p+1. The van der Waals surface area contributed by atoms with Gasteiger partial charge in [-0.25, -0.2) is 14.2 Å². The molecule has 348 valence electrons. The number of nitrogens with one attached hydrogen (secondary N) is 2. The first kappa shape index (κ1) is 43.3. The van der Waals surface area contributed by atoms with Crippen LogP contribution in [0.5, 0.6) is 5.75 Å². The van der Waals surface area contributed by atoms with E-state index in [1.165, 1.54) is 17.4 Å². The molecule has 8 heterocycles. The molecule has 0 saturated carbocycles. The lowest BCUT2D eigenvalue weighted by Crippen LogP contribution is -2.73. The van der Waals surface area contributed by atoms with Crippen LogP contribution in [0.1, 0.15) is 62.1 Å². The number of hydrogen-bond acceptors (Lipinski definition) is 9. The number of carbonyl (C=O) groups excluding carboxylic acids is 4. The molecular formula is C52H46ClFN9O5S+. The van der Waals surface area contributed by atoms with Crippen molar-refractivity contribution in [3.8, 4) is 27.4 Å². The number of rotatable bonds is 8. The molecule has 1 atom stereocenters. The smallest absolute Gasteiger partial charge is 0.383 e. The van der Waals surface area contributed by atoms with Crippen LogP contribution in [0, 0.1) is 5.82 Å². The van der Waals surface area contributed by atoms with Gasteiger partial charge in [0.05, 0.1) is 44.1 Å². The summed E-state index contributed by atoms with van der Waals surface area (Å²) in [6.07, 6.45) is 2.93. The van der Waals surface area contributed by atoms with E-state index in [-0.39, 0.29) is 73.0 Å². The molecule has 2 fully saturated rings. The second-order valence-electron chi connectivity index (χ2n) is 18.5. The molecule has 13 rings (SSSR count). The van der Waals surface area contributed by atoms with Crippen LogP contribution >= 0.6 is 22.9 Å². The number of nitrogens with zero attached hydrogens (tertiary/aromatic N) is 7. The Bertz CT molecular complexity index is 3440. The Labute approximate surface area is 404 Å². The van der Waals surface area contributed by atoms with Gasteiger partial charge < -0.3 is 20.3 Å². The molecule has 0 aliphatic carbocycles. The Morgan fingerprint density at radius 1 is 0.942 bits per heavy atom. The minimum absolute atomic E-state index is 0.00134. The first-order chi connectivity index (χ1) is 33.5. The van der Waals surface area contributed by atoms with Crippen molar-refractivity contribution in [3.05, 3.63) is 125 Å². The van der Waals surface area contributed by atoms with Gasteiger partial charge in [0.25, 0.3) is 0 Å². The number of ether oxygens (including phenoxy) is 1.